The minimum atomic E-state index is -0.393. The number of carbonyl (C=O) groups is 1. The standard InChI is InChI=1S/C11H22N4O/c1-4-15(5-2)7-6-14-10(9-12)8-11(16)13-3/h10,14H,4-8H2,1-3H3,(H,13,16). The van der Waals surface area contributed by atoms with E-state index < -0.39 is 6.04 Å². The molecule has 0 saturated heterocycles. The molecule has 5 nitrogen and oxygen atoms in total. The first-order valence-corrected chi connectivity index (χ1v) is 5.73. The van der Waals surface area contributed by atoms with Crippen LogP contribution in [0.15, 0.2) is 0 Å². The van der Waals surface area contributed by atoms with Gasteiger partial charge in [0.25, 0.3) is 0 Å². The van der Waals surface area contributed by atoms with E-state index in [2.05, 4.69) is 35.5 Å². The molecule has 1 unspecified atom stereocenters. The minimum Gasteiger partial charge on any atom is -0.359 e. The normalized spacial score (nSPS) is 12.2. The van der Waals surface area contributed by atoms with Gasteiger partial charge in [-0.3, -0.25) is 4.79 Å². The first-order valence-electron chi connectivity index (χ1n) is 5.73. The van der Waals surface area contributed by atoms with Gasteiger partial charge in [-0.1, -0.05) is 13.8 Å². The second-order valence-electron chi connectivity index (χ2n) is 3.54. The van der Waals surface area contributed by atoms with Crippen molar-refractivity contribution in [3.05, 3.63) is 0 Å². The highest BCUT2D eigenvalue weighted by molar-refractivity contribution is 5.76. The molecule has 0 spiro atoms. The number of rotatable bonds is 8. The summed E-state index contributed by atoms with van der Waals surface area (Å²) in [5.74, 6) is -0.109. The third kappa shape index (κ3) is 6.38. The highest BCUT2D eigenvalue weighted by atomic mass is 16.1. The molecule has 0 radical (unpaired) electrons. The highest BCUT2D eigenvalue weighted by Crippen LogP contribution is 1.91. The highest BCUT2D eigenvalue weighted by Gasteiger charge is 2.11. The molecule has 5 heteroatoms. The van der Waals surface area contributed by atoms with E-state index in [-0.39, 0.29) is 12.3 Å². The van der Waals surface area contributed by atoms with Crippen molar-refractivity contribution in [2.24, 2.45) is 0 Å². The fourth-order valence-electron chi connectivity index (χ4n) is 1.39. The van der Waals surface area contributed by atoms with E-state index in [1.54, 1.807) is 7.05 Å². The zero-order chi connectivity index (χ0) is 12.4. The van der Waals surface area contributed by atoms with Gasteiger partial charge in [0.05, 0.1) is 12.5 Å². The van der Waals surface area contributed by atoms with Gasteiger partial charge in [0.2, 0.25) is 5.91 Å². The van der Waals surface area contributed by atoms with Crippen molar-refractivity contribution in [2.75, 3.05) is 33.2 Å². The molecule has 0 aromatic heterocycles. The first-order chi connectivity index (χ1) is 7.67. The maximum Gasteiger partial charge on any atom is 0.222 e. The summed E-state index contributed by atoms with van der Waals surface area (Å²) in [6.07, 6.45) is 0.214. The van der Waals surface area contributed by atoms with Crippen molar-refractivity contribution in [2.45, 2.75) is 26.3 Å². The van der Waals surface area contributed by atoms with Crippen LogP contribution in [-0.4, -0.2) is 50.1 Å². The van der Waals surface area contributed by atoms with Gasteiger partial charge in [0, 0.05) is 20.1 Å². The number of nitrogens with zero attached hydrogens (tertiary/aromatic N) is 2. The van der Waals surface area contributed by atoms with Gasteiger partial charge in [0.1, 0.15) is 6.04 Å². The summed E-state index contributed by atoms with van der Waals surface area (Å²) in [4.78, 5) is 13.3. The Kier molecular flexibility index (Phi) is 8.49. The van der Waals surface area contributed by atoms with Crippen LogP contribution in [0, 0.1) is 11.3 Å². The van der Waals surface area contributed by atoms with Gasteiger partial charge in [-0.25, -0.2) is 0 Å². The SMILES string of the molecule is CCN(CC)CCNC(C#N)CC(=O)NC. The monoisotopic (exact) mass is 226 g/mol. The van der Waals surface area contributed by atoms with Gasteiger partial charge in [-0.2, -0.15) is 5.26 Å². The van der Waals surface area contributed by atoms with Crippen LogP contribution in [0.1, 0.15) is 20.3 Å². The Morgan fingerprint density at radius 2 is 2.06 bits per heavy atom. The predicted molar refractivity (Wildman–Crippen MR) is 63.9 cm³/mol. The van der Waals surface area contributed by atoms with Crippen LogP contribution < -0.4 is 10.6 Å². The van der Waals surface area contributed by atoms with E-state index in [0.717, 1.165) is 26.2 Å². The quantitative estimate of drug-likeness (QED) is 0.609. The van der Waals surface area contributed by atoms with E-state index in [4.69, 9.17) is 5.26 Å². The van der Waals surface area contributed by atoms with Crippen LogP contribution >= 0.6 is 0 Å². The number of hydrogen-bond acceptors (Lipinski definition) is 4. The predicted octanol–water partition coefficient (Wildman–Crippen LogP) is -0.0539. The molecule has 92 valence electrons. The van der Waals surface area contributed by atoms with Crippen LogP contribution in [0.3, 0.4) is 0 Å². The molecular formula is C11H22N4O. The number of hydrogen-bond donors (Lipinski definition) is 2. The lowest BCUT2D eigenvalue weighted by atomic mass is 10.2. The van der Waals surface area contributed by atoms with E-state index in [1.807, 2.05) is 0 Å². The summed E-state index contributed by atoms with van der Waals surface area (Å²) in [5.41, 5.74) is 0. The Morgan fingerprint density at radius 3 is 2.50 bits per heavy atom. The fourth-order valence-corrected chi connectivity index (χ4v) is 1.39. The number of nitrogens with one attached hydrogen (secondary N) is 2. The molecule has 2 N–H and O–H groups in total. The smallest absolute Gasteiger partial charge is 0.222 e. The van der Waals surface area contributed by atoms with Gasteiger partial charge in [-0.05, 0) is 13.1 Å². The molecule has 0 aliphatic rings. The molecule has 0 rings (SSSR count). The van der Waals surface area contributed by atoms with E-state index in [9.17, 15) is 4.79 Å². The maximum atomic E-state index is 11.1. The summed E-state index contributed by atoms with van der Waals surface area (Å²) in [6, 6.07) is 1.69. The molecule has 0 aliphatic heterocycles. The molecule has 0 aliphatic carbocycles. The zero-order valence-corrected chi connectivity index (χ0v) is 10.4. The fraction of sp³-hybridized carbons (Fsp3) is 0.818. The van der Waals surface area contributed by atoms with Crippen molar-refractivity contribution in [3.8, 4) is 6.07 Å². The Balaban J connectivity index is 3.79. The molecule has 0 heterocycles. The van der Waals surface area contributed by atoms with Crippen molar-refractivity contribution < 1.29 is 4.79 Å². The lowest BCUT2D eigenvalue weighted by molar-refractivity contribution is -0.120. The summed E-state index contributed by atoms with van der Waals surface area (Å²) < 4.78 is 0. The summed E-state index contributed by atoms with van der Waals surface area (Å²) in [6.45, 7) is 7.86. The number of likely N-dealkylation sites (N-methyl/N-ethyl adjacent to an activating group) is 1. The second-order valence-corrected chi connectivity index (χ2v) is 3.54. The Morgan fingerprint density at radius 1 is 1.44 bits per heavy atom. The molecule has 16 heavy (non-hydrogen) atoms. The summed E-state index contributed by atoms with van der Waals surface area (Å²) >= 11 is 0. The van der Waals surface area contributed by atoms with Gasteiger partial charge in [0.15, 0.2) is 0 Å². The lowest BCUT2D eigenvalue weighted by Gasteiger charge is -2.19. The minimum absolute atomic E-state index is 0.109. The van der Waals surface area contributed by atoms with Crippen LogP contribution in [-0.2, 0) is 4.79 Å². The molecule has 0 aromatic carbocycles. The summed E-state index contributed by atoms with van der Waals surface area (Å²) in [5, 5.41) is 14.4. The van der Waals surface area contributed by atoms with Gasteiger partial charge >= 0.3 is 0 Å². The summed E-state index contributed by atoms with van der Waals surface area (Å²) in [7, 11) is 1.58. The van der Waals surface area contributed by atoms with Crippen molar-refractivity contribution in [3.63, 3.8) is 0 Å². The van der Waals surface area contributed by atoms with E-state index in [1.165, 1.54) is 0 Å². The maximum absolute atomic E-state index is 11.1. The molecule has 0 bridgehead atoms. The van der Waals surface area contributed by atoms with Crippen molar-refractivity contribution in [1.82, 2.24) is 15.5 Å². The molecule has 0 saturated carbocycles. The Bertz CT molecular complexity index is 233. The molecular weight excluding hydrogens is 204 g/mol. The second kappa shape index (κ2) is 9.13. The van der Waals surface area contributed by atoms with Crippen LogP contribution in [0.4, 0.5) is 0 Å². The largest absolute Gasteiger partial charge is 0.359 e. The Hall–Kier alpha value is -1.12. The van der Waals surface area contributed by atoms with E-state index in [0.29, 0.717) is 0 Å². The number of amides is 1. The zero-order valence-electron chi connectivity index (χ0n) is 10.4. The molecule has 0 fully saturated rings. The van der Waals surface area contributed by atoms with E-state index >= 15 is 0 Å². The molecule has 1 amide bonds. The number of carbonyl (C=O) groups excluding carboxylic acids is 1. The average Bonchev–Trinajstić information content (AvgIpc) is 2.32. The van der Waals surface area contributed by atoms with Crippen molar-refractivity contribution >= 4 is 5.91 Å². The third-order valence-corrected chi connectivity index (χ3v) is 2.54. The van der Waals surface area contributed by atoms with Crippen molar-refractivity contribution in [1.29, 1.82) is 5.26 Å². The average molecular weight is 226 g/mol. The third-order valence-electron chi connectivity index (χ3n) is 2.54. The van der Waals surface area contributed by atoms with Gasteiger partial charge in [-0.15, -0.1) is 0 Å². The van der Waals surface area contributed by atoms with Crippen LogP contribution in [0.5, 0.6) is 0 Å². The van der Waals surface area contributed by atoms with Crippen LogP contribution in [0.2, 0.25) is 0 Å². The van der Waals surface area contributed by atoms with Gasteiger partial charge < -0.3 is 15.5 Å². The lowest BCUT2D eigenvalue weighted by Crippen LogP contribution is -2.38. The molecule has 0 aromatic rings. The topological polar surface area (TPSA) is 68.2 Å². The first kappa shape index (κ1) is 14.9. The number of nitriles is 1. The Labute approximate surface area is 97.8 Å². The van der Waals surface area contributed by atoms with Crippen LogP contribution in [0.25, 0.3) is 0 Å². The molecule has 1 atom stereocenters.